The van der Waals surface area contributed by atoms with Crippen molar-refractivity contribution < 1.29 is 9.53 Å². The summed E-state index contributed by atoms with van der Waals surface area (Å²) in [5.41, 5.74) is 0.368. The highest BCUT2D eigenvalue weighted by Crippen LogP contribution is 2.34. The van der Waals surface area contributed by atoms with Gasteiger partial charge in [-0.1, -0.05) is 25.6 Å². The fourth-order valence-corrected chi connectivity index (χ4v) is 3.30. The second kappa shape index (κ2) is 9.23. The predicted molar refractivity (Wildman–Crippen MR) is 85.3 cm³/mol. The molecule has 20 heavy (non-hydrogen) atoms. The molecule has 0 saturated heterocycles. The van der Waals surface area contributed by atoms with Crippen LogP contribution in [-0.4, -0.2) is 50.2 Å². The van der Waals surface area contributed by atoms with Crippen molar-refractivity contribution in [3.63, 3.8) is 0 Å². The summed E-state index contributed by atoms with van der Waals surface area (Å²) < 4.78 is 4.88. The maximum atomic E-state index is 11.5. The van der Waals surface area contributed by atoms with Gasteiger partial charge in [0.05, 0.1) is 6.61 Å². The van der Waals surface area contributed by atoms with Gasteiger partial charge in [-0.05, 0) is 18.3 Å². The number of thioether (sulfide) groups is 1. The molecule has 0 fully saturated rings. The van der Waals surface area contributed by atoms with E-state index in [4.69, 9.17) is 4.74 Å². The van der Waals surface area contributed by atoms with Crippen molar-refractivity contribution in [3.05, 3.63) is 0 Å². The lowest BCUT2D eigenvalue weighted by Gasteiger charge is -2.33. The van der Waals surface area contributed by atoms with Gasteiger partial charge in [0.15, 0.2) is 5.17 Å². The Bertz CT molecular complexity index is 330. The molecule has 0 saturated carbocycles. The fourth-order valence-electron chi connectivity index (χ4n) is 2.00. The maximum Gasteiger partial charge on any atom is 0.221 e. The quantitative estimate of drug-likeness (QED) is 0.669. The Morgan fingerprint density at radius 2 is 2.15 bits per heavy atom. The first-order valence-corrected chi connectivity index (χ1v) is 8.31. The lowest BCUT2D eigenvalue weighted by Crippen LogP contribution is -2.36. The molecule has 0 aromatic rings. The van der Waals surface area contributed by atoms with Crippen molar-refractivity contribution in [2.45, 2.75) is 33.1 Å². The number of rotatable bonds is 8. The van der Waals surface area contributed by atoms with Crippen molar-refractivity contribution in [3.8, 4) is 0 Å². The van der Waals surface area contributed by atoms with Gasteiger partial charge in [-0.25, -0.2) is 0 Å². The topological polar surface area (TPSA) is 62.7 Å². The number of hydrogen-bond acceptors (Lipinski definition) is 5. The molecule has 0 aliphatic carbocycles. The summed E-state index contributed by atoms with van der Waals surface area (Å²) in [6, 6.07) is 0. The molecule has 0 atom stereocenters. The minimum absolute atomic E-state index is 0.0485. The molecule has 0 spiro atoms. The first-order chi connectivity index (χ1) is 9.65. The highest BCUT2D eigenvalue weighted by atomic mass is 32.2. The Labute approximate surface area is 126 Å². The molecule has 0 radical (unpaired) electrons. The number of amidine groups is 1. The van der Waals surface area contributed by atoms with Gasteiger partial charge in [-0.2, -0.15) is 0 Å². The van der Waals surface area contributed by atoms with E-state index in [0.717, 1.165) is 17.5 Å². The van der Waals surface area contributed by atoms with Crippen molar-refractivity contribution in [2.24, 2.45) is 10.4 Å². The molecule has 116 valence electrons. The van der Waals surface area contributed by atoms with E-state index in [1.165, 1.54) is 12.8 Å². The molecule has 1 heterocycles. The maximum absolute atomic E-state index is 11.5. The molecule has 0 bridgehead atoms. The van der Waals surface area contributed by atoms with Crippen LogP contribution < -0.4 is 10.6 Å². The average molecular weight is 301 g/mol. The number of carbonyl (C=O) groups is 1. The standard InChI is InChI=1S/C14H27N3O2S/c1-4-14(5-2)10-17-13(20-11-14)16-7-6-12(18)15-8-9-19-3/h4-11H2,1-3H3,(H,15,18)(H,16,17). The Morgan fingerprint density at radius 1 is 1.40 bits per heavy atom. The molecule has 1 rings (SSSR count). The van der Waals surface area contributed by atoms with E-state index in [1.807, 2.05) is 0 Å². The molecule has 1 amide bonds. The molecule has 0 unspecified atom stereocenters. The van der Waals surface area contributed by atoms with Gasteiger partial charge < -0.3 is 15.4 Å². The van der Waals surface area contributed by atoms with Crippen LogP contribution in [0.15, 0.2) is 4.99 Å². The summed E-state index contributed by atoms with van der Waals surface area (Å²) in [4.78, 5) is 16.1. The van der Waals surface area contributed by atoms with E-state index < -0.39 is 0 Å². The van der Waals surface area contributed by atoms with Crippen LogP contribution in [0, 0.1) is 5.41 Å². The van der Waals surface area contributed by atoms with Gasteiger partial charge in [0.1, 0.15) is 0 Å². The zero-order valence-electron chi connectivity index (χ0n) is 12.8. The number of hydrogen-bond donors (Lipinski definition) is 2. The largest absolute Gasteiger partial charge is 0.383 e. The number of methoxy groups -OCH3 is 1. The minimum atomic E-state index is 0.0485. The summed E-state index contributed by atoms with van der Waals surface area (Å²) in [7, 11) is 1.62. The van der Waals surface area contributed by atoms with E-state index in [0.29, 0.717) is 31.5 Å². The van der Waals surface area contributed by atoms with Crippen LogP contribution in [0.1, 0.15) is 33.1 Å². The molecule has 0 aromatic heterocycles. The normalized spacial score (nSPS) is 17.4. The van der Waals surface area contributed by atoms with Gasteiger partial charge in [-0.3, -0.25) is 9.79 Å². The van der Waals surface area contributed by atoms with Crippen molar-refractivity contribution in [1.82, 2.24) is 10.6 Å². The molecular formula is C14H27N3O2S. The zero-order valence-corrected chi connectivity index (χ0v) is 13.6. The molecule has 6 heteroatoms. The lowest BCUT2D eigenvalue weighted by atomic mass is 9.84. The van der Waals surface area contributed by atoms with Crippen molar-refractivity contribution >= 4 is 22.8 Å². The van der Waals surface area contributed by atoms with Gasteiger partial charge >= 0.3 is 0 Å². The van der Waals surface area contributed by atoms with Crippen molar-refractivity contribution in [1.29, 1.82) is 0 Å². The van der Waals surface area contributed by atoms with E-state index in [2.05, 4.69) is 29.5 Å². The van der Waals surface area contributed by atoms with E-state index in [1.54, 1.807) is 18.9 Å². The average Bonchev–Trinajstić information content (AvgIpc) is 2.48. The highest BCUT2D eigenvalue weighted by Gasteiger charge is 2.29. The minimum Gasteiger partial charge on any atom is -0.383 e. The smallest absolute Gasteiger partial charge is 0.221 e. The monoisotopic (exact) mass is 301 g/mol. The van der Waals surface area contributed by atoms with Crippen LogP contribution in [-0.2, 0) is 9.53 Å². The zero-order chi connectivity index (χ0) is 14.8. The summed E-state index contributed by atoms with van der Waals surface area (Å²) in [6.07, 6.45) is 2.82. The summed E-state index contributed by atoms with van der Waals surface area (Å²) in [6.45, 7) is 7.13. The SMILES string of the molecule is CCC1(CC)CN=C(NCCC(=O)NCCOC)SC1. The number of nitrogens with one attached hydrogen (secondary N) is 2. The van der Waals surface area contributed by atoms with Crippen LogP contribution >= 0.6 is 11.8 Å². The number of nitrogens with zero attached hydrogens (tertiary/aromatic N) is 1. The first kappa shape index (κ1) is 17.3. The second-order valence-corrected chi connectivity index (χ2v) is 6.10. The Morgan fingerprint density at radius 3 is 2.70 bits per heavy atom. The third kappa shape index (κ3) is 5.71. The molecule has 5 nitrogen and oxygen atoms in total. The van der Waals surface area contributed by atoms with E-state index in [9.17, 15) is 4.79 Å². The molecule has 2 N–H and O–H groups in total. The summed E-state index contributed by atoms with van der Waals surface area (Å²) in [5.74, 6) is 1.17. The van der Waals surface area contributed by atoms with Crippen LogP contribution in [0.5, 0.6) is 0 Å². The second-order valence-electron chi connectivity index (χ2n) is 5.14. The Hall–Kier alpha value is -0.750. The molecule has 1 aliphatic heterocycles. The fraction of sp³-hybridized carbons (Fsp3) is 0.857. The first-order valence-electron chi connectivity index (χ1n) is 7.32. The third-order valence-corrected chi connectivity index (χ3v) is 5.13. The molecule has 1 aliphatic rings. The van der Waals surface area contributed by atoms with Gasteiger partial charge in [0.25, 0.3) is 0 Å². The number of aliphatic imine (C=N–C) groups is 1. The van der Waals surface area contributed by atoms with Crippen LogP contribution in [0.3, 0.4) is 0 Å². The van der Waals surface area contributed by atoms with Crippen molar-refractivity contribution in [2.75, 3.05) is 39.1 Å². The summed E-state index contributed by atoms with van der Waals surface area (Å²) in [5, 5.41) is 7.03. The van der Waals surface area contributed by atoms with Crippen LogP contribution in [0.4, 0.5) is 0 Å². The van der Waals surface area contributed by atoms with Gasteiger partial charge in [0, 0.05) is 38.9 Å². The number of carbonyl (C=O) groups excluding carboxylic acids is 1. The molecular weight excluding hydrogens is 274 g/mol. The molecule has 0 aromatic carbocycles. The summed E-state index contributed by atoms with van der Waals surface area (Å²) >= 11 is 1.78. The number of ether oxygens (including phenoxy) is 1. The lowest BCUT2D eigenvalue weighted by molar-refractivity contribution is -0.121. The Balaban J connectivity index is 2.20. The Kier molecular flexibility index (Phi) is 7.99. The third-order valence-electron chi connectivity index (χ3n) is 3.83. The highest BCUT2D eigenvalue weighted by molar-refractivity contribution is 8.13. The van der Waals surface area contributed by atoms with E-state index in [-0.39, 0.29) is 5.91 Å². The van der Waals surface area contributed by atoms with Crippen LogP contribution in [0.2, 0.25) is 0 Å². The van der Waals surface area contributed by atoms with Crippen LogP contribution in [0.25, 0.3) is 0 Å². The number of amides is 1. The van der Waals surface area contributed by atoms with Gasteiger partial charge in [0.2, 0.25) is 5.91 Å². The van der Waals surface area contributed by atoms with Gasteiger partial charge in [-0.15, -0.1) is 0 Å². The predicted octanol–water partition coefficient (Wildman–Crippen LogP) is 1.64. The van der Waals surface area contributed by atoms with E-state index >= 15 is 0 Å².